The maximum absolute atomic E-state index is 12.0. The van der Waals surface area contributed by atoms with Crippen LogP contribution >= 0.6 is 31.9 Å². The van der Waals surface area contributed by atoms with Gasteiger partial charge in [-0.05, 0) is 71.7 Å². The van der Waals surface area contributed by atoms with Crippen LogP contribution < -0.4 is 9.47 Å². The maximum atomic E-state index is 12.0. The van der Waals surface area contributed by atoms with E-state index in [1.54, 1.807) is 12.1 Å². The summed E-state index contributed by atoms with van der Waals surface area (Å²) in [6.07, 6.45) is 3.07. The van der Waals surface area contributed by atoms with Crippen molar-refractivity contribution in [3.63, 3.8) is 0 Å². The van der Waals surface area contributed by atoms with Crippen LogP contribution in [0.1, 0.15) is 18.1 Å². The molecule has 0 aliphatic heterocycles. The van der Waals surface area contributed by atoms with Gasteiger partial charge in [-0.15, -0.1) is 0 Å². The topological polar surface area (TPSA) is 35.5 Å². The third kappa shape index (κ3) is 5.22. The zero-order chi connectivity index (χ0) is 16.8. The zero-order valence-corrected chi connectivity index (χ0v) is 16.0. The van der Waals surface area contributed by atoms with E-state index in [2.05, 4.69) is 31.9 Å². The van der Waals surface area contributed by atoms with Crippen molar-refractivity contribution >= 4 is 43.9 Å². The standard InChI is InChI=1S/C18H16Br2O3/c1-3-22-16-8-6-14(19)11-13(16)5-9-18(21)23-17-7-4-12(2)10-15(17)20/h4-11H,3H2,1-2H3/b9-5+. The molecule has 2 aromatic rings. The summed E-state index contributed by atoms with van der Waals surface area (Å²) in [6, 6.07) is 11.2. The lowest BCUT2D eigenvalue weighted by atomic mass is 10.2. The van der Waals surface area contributed by atoms with Crippen molar-refractivity contribution in [1.29, 1.82) is 0 Å². The lowest BCUT2D eigenvalue weighted by molar-refractivity contribution is -0.128. The molecule has 0 saturated carbocycles. The van der Waals surface area contributed by atoms with Gasteiger partial charge in [-0.2, -0.15) is 0 Å². The number of aryl methyl sites for hydroxylation is 1. The summed E-state index contributed by atoms with van der Waals surface area (Å²) in [4.78, 5) is 12.0. The van der Waals surface area contributed by atoms with Crippen LogP contribution in [-0.2, 0) is 4.79 Å². The Balaban J connectivity index is 2.13. The van der Waals surface area contributed by atoms with Gasteiger partial charge in [-0.25, -0.2) is 4.79 Å². The fourth-order valence-corrected chi connectivity index (χ4v) is 2.88. The normalized spacial score (nSPS) is 10.8. The lowest BCUT2D eigenvalue weighted by Gasteiger charge is -2.08. The van der Waals surface area contributed by atoms with Crippen LogP contribution in [0.25, 0.3) is 6.08 Å². The molecule has 0 atom stereocenters. The third-order valence-electron chi connectivity index (χ3n) is 2.97. The minimum absolute atomic E-state index is 0.447. The molecular weight excluding hydrogens is 424 g/mol. The average molecular weight is 440 g/mol. The SMILES string of the molecule is CCOc1ccc(Br)cc1/C=C/C(=O)Oc1ccc(C)cc1Br. The number of halogens is 2. The maximum Gasteiger partial charge on any atom is 0.336 e. The zero-order valence-electron chi connectivity index (χ0n) is 12.8. The molecule has 0 aliphatic carbocycles. The van der Waals surface area contributed by atoms with Gasteiger partial charge in [0.25, 0.3) is 0 Å². The van der Waals surface area contributed by atoms with E-state index in [-0.39, 0.29) is 0 Å². The minimum atomic E-state index is -0.447. The molecule has 0 spiro atoms. The molecule has 3 nitrogen and oxygen atoms in total. The number of esters is 1. The second-order valence-electron chi connectivity index (χ2n) is 4.80. The molecule has 0 saturated heterocycles. The summed E-state index contributed by atoms with van der Waals surface area (Å²) >= 11 is 6.80. The van der Waals surface area contributed by atoms with E-state index in [9.17, 15) is 4.79 Å². The highest BCUT2D eigenvalue weighted by Gasteiger charge is 2.07. The Labute approximate surface area is 152 Å². The number of carbonyl (C=O) groups is 1. The second-order valence-corrected chi connectivity index (χ2v) is 6.57. The molecule has 5 heteroatoms. The molecule has 120 valence electrons. The highest BCUT2D eigenvalue weighted by atomic mass is 79.9. The number of hydrogen-bond donors (Lipinski definition) is 0. The Bertz CT molecular complexity index is 739. The van der Waals surface area contributed by atoms with Crippen molar-refractivity contribution in [3.05, 3.63) is 62.5 Å². The van der Waals surface area contributed by atoms with E-state index < -0.39 is 5.97 Å². The Morgan fingerprint density at radius 1 is 1.13 bits per heavy atom. The smallest absolute Gasteiger partial charge is 0.336 e. The van der Waals surface area contributed by atoms with E-state index in [1.165, 1.54) is 6.08 Å². The first-order valence-corrected chi connectivity index (χ1v) is 8.66. The molecule has 0 amide bonds. The van der Waals surface area contributed by atoms with Gasteiger partial charge in [0.05, 0.1) is 11.1 Å². The Hall–Kier alpha value is -1.59. The molecule has 0 radical (unpaired) electrons. The van der Waals surface area contributed by atoms with Crippen molar-refractivity contribution in [2.24, 2.45) is 0 Å². The van der Waals surface area contributed by atoms with Crippen molar-refractivity contribution in [1.82, 2.24) is 0 Å². The van der Waals surface area contributed by atoms with Gasteiger partial charge in [-0.3, -0.25) is 0 Å². The van der Waals surface area contributed by atoms with Crippen molar-refractivity contribution in [2.45, 2.75) is 13.8 Å². The van der Waals surface area contributed by atoms with Crippen molar-refractivity contribution in [3.8, 4) is 11.5 Å². The number of hydrogen-bond acceptors (Lipinski definition) is 3. The van der Waals surface area contributed by atoms with E-state index in [4.69, 9.17) is 9.47 Å². The number of carbonyl (C=O) groups excluding carboxylic acids is 1. The monoisotopic (exact) mass is 438 g/mol. The summed E-state index contributed by atoms with van der Waals surface area (Å²) < 4.78 is 12.5. The largest absolute Gasteiger partial charge is 0.493 e. The Morgan fingerprint density at radius 3 is 2.57 bits per heavy atom. The van der Waals surface area contributed by atoms with Crippen LogP contribution in [0.4, 0.5) is 0 Å². The summed E-state index contributed by atoms with van der Waals surface area (Å²) in [5.41, 5.74) is 1.89. The Kier molecular flexibility index (Phi) is 6.42. The molecule has 2 rings (SSSR count). The molecule has 0 unspecified atom stereocenters. The molecule has 0 bridgehead atoms. The molecule has 0 fully saturated rings. The van der Waals surface area contributed by atoms with Crippen LogP contribution in [0.2, 0.25) is 0 Å². The van der Waals surface area contributed by atoms with Crippen LogP contribution in [0.15, 0.2) is 51.4 Å². The van der Waals surface area contributed by atoms with Crippen LogP contribution in [0, 0.1) is 6.92 Å². The molecule has 2 aromatic carbocycles. The predicted octanol–water partition coefficient (Wildman–Crippen LogP) is 5.54. The molecule has 0 aliphatic rings. The van der Waals surface area contributed by atoms with Gasteiger partial charge in [0, 0.05) is 16.1 Å². The van der Waals surface area contributed by atoms with Gasteiger partial charge in [0.15, 0.2) is 0 Å². The third-order valence-corrected chi connectivity index (χ3v) is 4.08. The summed E-state index contributed by atoms with van der Waals surface area (Å²) in [5, 5.41) is 0. The first-order chi connectivity index (χ1) is 11.0. The van der Waals surface area contributed by atoms with Gasteiger partial charge in [0.1, 0.15) is 11.5 Å². The predicted molar refractivity (Wildman–Crippen MR) is 98.9 cm³/mol. The highest BCUT2D eigenvalue weighted by Crippen LogP contribution is 2.27. The summed E-state index contributed by atoms with van der Waals surface area (Å²) in [5.74, 6) is 0.762. The number of benzene rings is 2. The van der Waals surface area contributed by atoms with Gasteiger partial charge < -0.3 is 9.47 Å². The first kappa shape index (κ1) is 17.8. The van der Waals surface area contributed by atoms with E-state index in [0.717, 1.165) is 25.8 Å². The molecular formula is C18H16Br2O3. The van der Waals surface area contributed by atoms with Gasteiger partial charge >= 0.3 is 5.97 Å². The lowest BCUT2D eigenvalue weighted by Crippen LogP contribution is -2.04. The molecule has 0 aromatic heterocycles. The van der Waals surface area contributed by atoms with E-state index >= 15 is 0 Å². The first-order valence-electron chi connectivity index (χ1n) is 7.08. The van der Waals surface area contributed by atoms with Gasteiger partial charge in [-0.1, -0.05) is 22.0 Å². The quantitative estimate of drug-likeness (QED) is 0.348. The second kappa shape index (κ2) is 8.31. The molecule has 23 heavy (non-hydrogen) atoms. The van der Waals surface area contributed by atoms with Crippen LogP contribution in [0.3, 0.4) is 0 Å². The summed E-state index contributed by atoms with van der Waals surface area (Å²) in [6.45, 7) is 4.45. The molecule has 0 heterocycles. The van der Waals surface area contributed by atoms with Crippen molar-refractivity contribution < 1.29 is 14.3 Å². The highest BCUT2D eigenvalue weighted by molar-refractivity contribution is 9.10. The Morgan fingerprint density at radius 2 is 1.87 bits per heavy atom. The van der Waals surface area contributed by atoms with E-state index in [0.29, 0.717) is 12.4 Å². The average Bonchev–Trinajstić information content (AvgIpc) is 2.50. The molecule has 0 N–H and O–H groups in total. The summed E-state index contributed by atoms with van der Waals surface area (Å²) in [7, 11) is 0. The van der Waals surface area contributed by atoms with Crippen LogP contribution in [-0.4, -0.2) is 12.6 Å². The van der Waals surface area contributed by atoms with Crippen molar-refractivity contribution in [2.75, 3.05) is 6.61 Å². The fraction of sp³-hybridized carbons (Fsp3) is 0.167. The fourth-order valence-electron chi connectivity index (χ4n) is 1.93. The van der Waals surface area contributed by atoms with Gasteiger partial charge in [0.2, 0.25) is 0 Å². The minimum Gasteiger partial charge on any atom is -0.493 e. The number of rotatable bonds is 5. The van der Waals surface area contributed by atoms with Crippen LogP contribution in [0.5, 0.6) is 11.5 Å². The number of ether oxygens (including phenoxy) is 2. The van der Waals surface area contributed by atoms with E-state index in [1.807, 2.05) is 44.2 Å².